The normalized spacial score (nSPS) is 25.1. The second-order valence-corrected chi connectivity index (χ2v) is 5.94. The number of nitro groups is 1. The molecule has 2 aliphatic rings. The van der Waals surface area contributed by atoms with E-state index in [2.05, 4.69) is 0 Å². The van der Waals surface area contributed by atoms with Crippen LogP contribution >= 0.6 is 0 Å². The lowest BCUT2D eigenvalue weighted by atomic mass is 9.84. The average molecular weight is 322 g/mol. The Morgan fingerprint density at radius 1 is 1.08 bits per heavy atom. The van der Waals surface area contributed by atoms with Crippen LogP contribution in [0.15, 0.2) is 59.6 Å². The van der Waals surface area contributed by atoms with Gasteiger partial charge in [-0.3, -0.25) is 19.9 Å². The molecule has 2 aromatic rings. The van der Waals surface area contributed by atoms with Crippen molar-refractivity contribution in [2.24, 2.45) is 16.8 Å². The average Bonchev–Trinajstić information content (AvgIpc) is 3.17. The summed E-state index contributed by atoms with van der Waals surface area (Å²) in [6.45, 7) is 0.334. The van der Waals surface area contributed by atoms with Gasteiger partial charge in [0, 0.05) is 12.1 Å². The fraction of sp³-hybridized carbons (Fsp3) is 0.222. The van der Waals surface area contributed by atoms with Crippen molar-refractivity contribution in [1.29, 1.82) is 0 Å². The van der Waals surface area contributed by atoms with Gasteiger partial charge in [0.2, 0.25) is 0 Å². The molecule has 120 valence electrons. The maximum atomic E-state index is 12.2. The van der Waals surface area contributed by atoms with E-state index in [9.17, 15) is 14.9 Å². The van der Waals surface area contributed by atoms with E-state index in [1.165, 1.54) is 12.1 Å². The molecule has 0 spiro atoms. The SMILES string of the molecule is O=C1OC[C@@H]2C(c3ccccc3)=NC(c3ccc([N+](=O)[O-])cc3)[C@H]12. The molecule has 2 aromatic carbocycles. The minimum Gasteiger partial charge on any atom is -0.465 e. The number of cyclic esters (lactones) is 1. The molecule has 0 saturated carbocycles. The molecule has 0 N–H and O–H groups in total. The summed E-state index contributed by atoms with van der Waals surface area (Å²) in [6.07, 6.45) is 0. The lowest BCUT2D eigenvalue weighted by molar-refractivity contribution is -0.384. The Labute approximate surface area is 137 Å². The number of hydrogen-bond acceptors (Lipinski definition) is 5. The van der Waals surface area contributed by atoms with Crippen LogP contribution in [0.5, 0.6) is 0 Å². The molecular formula is C18H14N2O4. The molecule has 2 aliphatic heterocycles. The van der Waals surface area contributed by atoms with Crippen molar-refractivity contribution in [2.45, 2.75) is 6.04 Å². The van der Waals surface area contributed by atoms with Crippen LogP contribution in [0.3, 0.4) is 0 Å². The molecule has 0 radical (unpaired) electrons. The summed E-state index contributed by atoms with van der Waals surface area (Å²) >= 11 is 0. The van der Waals surface area contributed by atoms with Gasteiger partial charge in [0.1, 0.15) is 6.61 Å². The maximum Gasteiger partial charge on any atom is 0.312 e. The van der Waals surface area contributed by atoms with Gasteiger partial charge in [0.25, 0.3) is 5.69 Å². The van der Waals surface area contributed by atoms with E-state index < -0.39 is 4.92 Å². The fourth-order valence-electron chi connectivity index (χ4n) is 3.43. The molecule has 0 bridgehead atoms. The summed E-state index contributed by atoms with van der Waals surface area (Å²) in [5, 5.41) is 10.8. The Hall–Kier alpha value is -3.02. The van der Waals surface area contributed by atoms with Crippen molar-refractivity contribution in [2.75, 3.05) is 6.61 Å². The van der Waals surface area contributed by atoms with E-state index in [1.54, 1.807) is 12.1 Å². The van der Waals surface area contributed by atoms with Crippen LogP contribution in [0.1, 0.15) is 17.2 Å². The second-order valence-electron chi connectivity index (χ2n) is 5.94. The maximum absolute atomic E-state index is 12.2. The number of aliphatic imine (C=N–C) groups is 1. The third-order valence-electron chi connectivity index (χ3n) is 4.60. The first-order chi connectivity index (χ1) is 11.6. The first-order valence-corrected chi connectivity index (χ1v) is 7.69. The molecular weight excluding hydrogens is 308 g/mol. The van der Waals surface area contributed by atoms with Gasteiger partial charge >= 0.3 is 5.97 Å². The zero-order chi connectivity index (χ0) is 16.7. The predicted octanol–water partition coefficient (Wildman–Crippen LogP) is 2.93. The monoisotopic (exact) mass is 322 g/mol. The third-order valence-corrected chi connectivity index (χ3v) is 4.60. The number of fused-ring (bicyclic) bond motifs is 1. The van der Waals surface area contributed by atoms with Crippen LogP contribution in [0.25, 0.3) is 0 Å². The van der Waals surface area contributed by atoms with Gasteiger partial charge in [-0.15, -0.1) is 0 Å². The molecule has 0 amide bonds. The highest BCUT2D eigenvalue weighted by atomic mass is 16.6. The molecule has 24 heavy (non-hydrogen) atoms. The number of non-ortho nitro benzene ring substituents is 1. The smallest absolute Gasteiger partial charge is 0.312 e. The largest absolute Gasteiger partial charge is 0.465 e. The van der Waals surface area contributed by atoms with E-state index in [1.807, 2.05) is 30.3 Å². The van der Waals surface area contributed by atoms with E-state index in [-0.39, 0.29) is 29.5 Å². The Kier molecular flexibility index (Phi) is 3.37. The number of esters is 1. The number of carbonyl (C=O) groups is 1. The number of carbonyl (C=O) groups excluding carboxylic acids is 1. The van der Waals surface area contributed by atoms with Crippen molar-refractivity contribution in [3.63, 3.8) is 0 Å². The first-order valence-electron chi connectivity index (χ1n) is 7.69. The zero-order valence-electron chi connectivity index (χ0n) is 12.7. The number of rotatable bonds is 3. The van der Waals surface area contributed by atoms with Crippen molar-refractivity contribution in [3.8, 4) is 0 Å². The highest BCUT2D eigenvalue weighted by Gasteiger charge is 2.50. The lowest BCUT2D eigenvalue weighted by Gasteiger charge is -2.13. The van der Waals surface area contributed by atoms with Crippen LogP contribution in [-0.4, -0.2) is 23.2 Å². The number of ether oxygens (including phenoxy) is 1. The van der Waals surface area contributed by atoms with Gasteiger partial charge in [-0.05, 0) is 11.1 Å². The third kappa shape index (κ3) is 2.27. The molecule has 1 unspecified atom stereocenters. The van der Waals surface area contributed by atoms with Crippen molar-refractivity contribution >= 4 is 17.4 Å². The van der Waals surface area contributed by atoms with Crippen LogP contribution in [0, 0.1) is 22.0 Å². The molecule has 1 saturated heterocycles. The molecule has 6 heteroatoms. The summed E-state index contributed by atoms with van der Waals surface area (Å²) in [5.74, 6) is -0.681. The number of nitrogens with zero attached hydrogens (tertiary/aromatic N) is 2. The van der Waals surface area contributed by atoms with Gasteiger partial charge in [0.15, 0.2) is 0 Å². The highest BCUT2D eigenvalue weighted by molar-refractivity contribution is 6.07. The second kappa shape index (κ2) is 5.56. The minimum absolute atomic E-state index is 0.0227. The van der Waals surface area contributed by atoms with Gasteiger partial charge in [0.05, 0.1) is 28.5 Å². The molecule has 3 atom stereocenters. The van der Waals surface area contributed by atoms with Gasteiger partial charge < -0.3 is 4.74 Å². The highest BCUT2D eigenvalue weighted by Crippen LogP contribution is 2.44. The minimum atomic E-state index is -0.441. The lowest BCUT2D eigenvalue weighted by Crippen LogP contribution is -2.21. The van der Waals surface area contributed by atoms with E-state index >= 15 is 0 Å². The van der Waals surface area contributed by atoms with Crippen molar-refractivity contribution < 1.29 is 14.5 Å². The standard InChI is InChI=1S/C18H14N2O4/c21-18-15-14(10-24-18)16(11-4-2-1-3-5-11)19-17(15)12-6-8-13(9-7-12)20(22)23/h1-9,14-15,17H,10H2/t14-,15+,17?/m0/s1. The predicted molar refractivity (Wildman–Crippen MR) is 86.8 cm³/mol. The number of nitro benzene ring substituents is 1. The summed E-state index contributed by atoms with van der Waals surface area (Å²) in [6, 6.07) is 15.6. The zero-order valence-corrected chi connectivity index (χ0v) is 12.7. The van der Waals surface area contributed by atoms with Crippen molar-refractivity contribution in [3.05, 3.63) is 75.8 Å². The summed E-state index contributed by atoms with van der Waals surface area (Å²) in [5.41, 5.74) is 2.67. The number of hydrogen-bond donors (Lipinski definition) is 0. The van der Waals surface area contributed by atoms with E-state index in [0.717, 1.165) is 16.8 Å². The Morgan fingerprint density at radius 2 is 1.79 bits per heavy atom. The van der Waals surface area contributed by atoms with Crippen LogP contribution in [0.4, 0.5) is 5.69 Å². The van der Waals surface area contributed by atoms with Gasteiger partial charge in [-0.2, -0.15) is 0 Å². The summed E-state index contributed by atoms with van der Waals surface area (Å²) in [7, 11) is 0. The Morgan fingerprint density at radius 3 is 2.46 bits per heavy atom. The van der Waals surface area contributed by atoms with Crippen molar-refractivity contribution in [1.82, 2.24) is 0 Å². The quantitative estimate of drug-likeness (QED) is 0.494. The van der Waals surface area contributed by atoms with Crippen LogP contribution in [-0.2, 0) is 9.53 Å². The Bertz CT molecular complexity index is 830. The van der Waals surface area contributed by atoms with Gasteiger partial charge in [-0.1, -0.05) is 42.5 Å². The summed E-state index contributed by atoms with van der Waals surface area (Å²) < 4.78 is 5.26. The molecule has 0 aliphatic carbocycles. The van der Waals surface area contributed by atoms with E-state index in [0.29, 0.717) is 6.61 Å². The molecule has 6 nitrogen and oxygen atoms in total. The number of benzene rings is 2. The first kappa shape index (κ1) is 14.6. The topological polar surface area (TPSA) is 81.8 Å². The summed E-state index contributed by atoms with van der Waals surface area (Å²) in [4.78, 5) is 27.3. The van der Waals surface area contributed by atoms with Crippen LogP contribution in [0.2, 0.25) is 0 Å². The molecule has 2 heterocycles. The van der Waals surface area contributed by atoms with Gasteiger partial charge in [-0.25, -0.2) is 0 Å². The fourth-order valence-corrected chi connectivity index (χ4v) is 3.43. The van der Waals surface area contributed by atoms with E-state index in [4.69, 9.17) is 9.73 Å². The molecule has 1 fully saturated rings. The van der Waals surface area contributed by atoms with Crippen LogP contribution < -0.4 is 0 Å². The Balaban J connectivity index is 1.74. The molecule has 0 aromatic heterocycles. The molecule has 4 rings (SSSR count).